The molecule has 132 valence electrons. The molecule has 0 aliphatic carbocycles. The molecule has 1 unspecified atom stereocenters. The SMILES string of the molecule is Nc1ccnc(C2=NN(Cc3cccc(Cl)c3F)C(c3ccon3)C2)n1. The normalized spacial score (nSPS) is 16.8. The highest BCUT2D eigenvalue weighted by atomic mass is 35.5. The molecule has 2 aromatic heterocycles. The zero-order chi connectivity index (χ0) is 18.1. The molecule has 0 amide bonds. The van der Waals surface area contributed by atoms with Crippen LogP contribution < -0.4 is 5.73 Å². The van der Waals surface area contributed by atoms with Gasteiger partial charge in [0, 0.05) is 24.2 Å². The number of aromatic nitrogens is 3. The molecule has 1 atom stereocenters. The van der Waals surface area contributed by atoms with Gasteiger partial charge in [-0.1, -0.05) is 28.9 Å². The minimum Gasteiger partial charge on any atom is -0.384 e. The summed E-state index contributed by atoms with van der Waals surface area (Å²) < 4.78 is 19.3. The van der Waals surface area contributed by atoms with Crippen molar-refractivity contribution in [2.75, 3.05) is 5.73 Å². The Bertz CT molecular complexity index is 962. The highest BCUT2D eigenvalue weighted by molar-refractivity contribution is 6.30. The van der Waals surface area contributed by atoms with Gasteiger partial charge in [0.15, 0.2) is 5.82 Å². The fourth-order valence-electron chi connectivity index (χ4n) is 2.84. The van der Waals surface area contributed by atoms with Crippen molar-refractivity contribution in [3.05, 3.63) is 70.7 Å². The van der Waals surface area contributed by atoms with E-state index in [-0.39, 0.29) is 17.6 Å². The number of halogens is 2. The molecule has 0 bridgehead atoms. The molecule has 0 saturated carbocycles. The molecule has 1 aliphatic heterocycles. The van der Waals surface area contributed by atoms with E-state index in [1.165, 1.54) is 12.3 Å². The van der Waals surface area contributed by atoms with Crippen LogP contribution >= 0.6 is 11.6 Å². The standard InChI is InChI=1S/C17H14ClFN6O/c18-11-3-1-2-10(16(11)19)9-25-14(12-5-7-26-24-12)8-13(23-25)17-21-6-4-15(20)22-17/h1-7,14H,8-9H2,(H2,20,21,22). The number of nitrogens with two attached hydrogens (primary N) is 1. The lowest BCUT2D eigenvalue weighted by atomic mass is 10.1. The van der Waals surface area contributed by atoms with Crippen LogP contribution in [0.4, 0.5) is 10.2 Å². The van der Waals surface area contributed by atoms with Gasteiger partial charge < -0.3 is 10.3 Å². The highest BCUT2D eigenvalue weighted by Gasteiger charge is 2.32. The van der Waals surface area contributed by atoms with Gasteiger partial charge in [-0.3, -0.25) is 5.01 Å². The topological polar surface area (TPSA) is 93.4 Å². The van der Waals surface area contributed by atoms with E-state index in [1.807, 2.05) is 0 Å². The number of nitrogens with zero attached hydrogens (tertiary/aromatic N) is 5. The van der Waals surface area contributed by atoms with E-state index in [4.69, 9.17) is 21.9 Å². The van der Waals surface area contributed by atoms with Crippen LogP contribution in [-0.2, 0) is 6.54 Å². The van der Waals surface area contributed by atoms with Crippen molar-refractivity contribution in [2.24, 2.45) is 5.10 Å². The van der Waals surface area contributed by atoms with Crippen molar-refractivity contribution in [3.63, 3.8) is 0 Å². The van der Waals surface area contributed by atoms with E-state index in [0.717, 1.165) is 0 Å². The Hall–Kier alpha value is -3.00. The number of hydrazone groups is 1. The lowest BCUT2D eigenvalue weighted by Gasteiger charge is -2.22. The van der Waals surface area contributed by atoms with Crippen LogP contribution in [0.25, 0.3) is 0 Å². The molecule has 0 radical (unpaired) electrons. The van der Waals surface area contributed by atoms with Crippen molar-refractivity contribution in [1.29, 1.82) is 0 Å². The summed E-state index contributed by atoms with van der Waals surface area (Å²) in [6.45, 7) is 0.218. The van der Waals surface area contributed by atoms with Crippen LogP contribution in [0, 0.1) is 5.82 Å². The molecule has 0 saturated heterocycles. The summed E-state index contributed by atoms with van der Waals surface area (Å²) in [7, 11) is 0. The highest BCUT2D eigenvalue weighted by Crippen LogP contribution is 2.33. The molecule has 4 rings (SSSR count). The first-order chi connectivity index (χ1) is 12.6. The summed E-state index contributed by atoms with van der Waals surface area (Å²) in [5.41, 5.74) is 7.51. The van der Waals surface area contributed by atoms with E-state index in [1.54, 1.807) is 35.5 Å². The average Bonchev–Trinajstić information content (AvgIpc) is 3.28. The number of nitrogen functional groups attached to an aromatic ring is 1. The van der Waals surface area contributed by atoms with Crippen molar-refractivity contribution in [2.45, 2.75) is 19.0 Å². The van der Waals surface area contributed by atoms with Gasteiger partial charge in [-0.2, -0.15) is 5.10 Å². The van der Waals surface area contributed by atoms with Crippen LogP contribution in [0.5, 0.6) is 0 Å². The van der Waals surface area contributed by atoms with Crippen LogP contribution in [-0.4, -0.2) is 25.8 Å². The van der Waals surface area contributed by atoms with Gasteiger partial charge in [0.2, 0.25) is 0 Å². The average molecular weight is 373 g/mol. The molecule has 3 heterocycles. The number of hydrogen-bond donors (Lipinski definition) is 1. The van der Waals surface area contributed by atoms with Gasteiger partial charge in [-0.05, 0) is 12.1 Å². The van der Waals surface area contributed by atoms with Crippen molar-refractivity contribution >= 4 is 23.1 Å². The molecule has 26 heavy (non-hydrogen) atoms. The molecule has 7 nitrogen and oxygen atoms in total. The molecule has 1 aromatic carbocycles. The lowest BCUT2D eigenvalue weighted by Crippen LogP contribution is -2.20. The summed E-state index contributed by atoms with van der Waals surface area (Å²) in [5, 5.41) is 10.4. The van der Waals surface area contributed by atoms with Gasteiger partial charge in [0.05, 0.1) is 17.6 Å². The Balaban J connectivity index is 1.69. The Labute approximate surface area is 153 Å². The van der Waals surface area contributed by atoms with Gasteiger partial charge in [0.25, 0.3) is 0 Å². The third-order valence-electron chi connectivity index (χ3n) is 4.09. The second kappa shape index (κ2) is 6.72. The first-order valence-electron chi connectivity index (χ1n) is 7.88. The molecule has 0 fully saturated rings. The number of rotatable bonds is 4. The molecule has 9 heteroatoms. The third-order valence-corrected chi connectivity index (χ3v) is 4.39. The third kappa shape index (κ3) is 3.11. The predicted molar refractivity (Wildman–Crippen MR) is 93.8 cm³/mol. The molecule has 1 aliphatic rings. The maximum atomic E-state index is 14.3. The van der Waals surface area contributed by atoms with Gasteiger partial charge >= 0.3 is 0 Å². The van der Waals surface area contributed by atoms with Crippen LogP contribution in [0.2, 0.25) is 5.02 Å². The second-order valence-electron chi connectivity index (χ2n) is 5.81. The van der Waals surface area contributed by atoms with Crippen molar-refractivity contribution < 1.29 is 8.91 Å². The van der Waals surface area contributed by atoms with Crippen LogP contribution in [0.3, 0.4) is 0 Å². The van der Waals surface area contributed by atoms with E-state index < -0.39 is 5.82 Å². The first-order valence-corrected chi connectivity index (χ1v) is 8.26. The van der Waals surface area contributed by atoms with Crippen molar-refractivity contribution in [3.8, 4) is 0 Å². The van der Waals surface area contributed by atoms with E-state index in [9.17, 15) is 4.39 Å². The first kappa shape index (κ1) is 16.5. The van der Waals surface area contributed by atoms with Crippen LogP contribution in [0.15, 0.2) is 52.4 Å². The monoisotopic (exact) mass is 372 g/mol. The maximum Gasteiger partial charge on any atom is 0.177 e. The molecule has 3 aromatic rings. The van der Waals surface area contributed by atoms with E-state index in [0.29, 0.717) is 35.0 Å². The fourth-order valence-corrected chi connectivity index (χ4v) is 3.04. The molecule has 2 N–H and O–H groups in total. The van der Waals surface area contributed by atoms with Crippen LogP contribution in [0.1, 0.15) is 29.5 Å². The largest absolute Gasteiger partial charge is 0.384 e. The quantitative estimate of drug-likeness (QED) is 0.755. The molecular formula is C17H14ClFN6O. The van der Waals surface area contributed by atoms with Gasteiger partial charge in [-0.15, -0.1) is 0 Å². The molecular weight excluding hydrogens is 359 g/mol. The summed E-state index contributed by atoms with van der Waals surface area (Å²) in [6, 6.07) is 8.01. The number of hydrogen-bond acceptors (Lipinski definition) is 7. The summed E-state index contributed by atoms with van der Waals surface area (Å²) in [5.74, 6) is 0.333. The van der Waals surface area contributed by atoms with E-state index in [2.05, 4.69) is 20.2 Å². The lowest BCUT2D eigenvalue weighted by molar-refractivity contribution is 0.211. The molecule has 0 spiro atoms. The van der Waals surface area contributed by atoms with Crippen molar-refractivity contribution in [1.82, 2.24) is 20.1 Å². The smallest absolute Gasteiger partial charge is 0.177 e. The summed E-state index contributed by atoms with van der Waals surface area (Å²) in [4.78, 5) is 8.44. The fraction of sp³-hybridized carbons (Fsp3) is 0.176. The maximum absolute atomic E-state index is 14.3. The van der Waals surface area contributed by atoms with E-state index >= 15 is 0 Å². The zero-order valence-corrected chi connectivity index (χ0v) is 14.3. The Kier molecular flexibility index (Phi) is 4.26. The minimum atomic E-state index is -0.461. The Morgan fingerprint density at radius 2 is 2.19 bits per heavy atom. The van der Waals surface area contributed by atoms with Gasteiger partial charge in [-0.25, -0.2) is 14.4 Å². The predicted octanol–water partition coefficient (Wildman–Crippen LogP) is 3.19. The second-order valence-corrected chi connectivity index (χ2v) is 6.21. The van der Waals surface area contributed by atoms with Gasteiger partial charge in [0.1, 0.15) is 29.3 Å². The Morgan fingerprint density at radius 3 is 2.96 bits per heavy atom. The number of benzene rings is 1. The zero-order valence-electron chi connectivity index (χ0n) is 13.5. The minimum absolute atomic E-state index is 0.0723. The summed E-state index contributed by atoms with van der Waals surface area (Å²) in [6.07, 6.45) is 3.56. The Morgan fingerprint density at radius 1 is 1.31 bits per heavy atom. The number of anilines is 1. The summed E-state index contributed by atoms with van der Waals surface area (Å²) >= 11 is 5.89.